The highest BCUT2D eigenvalue weighted by atomic mass is 19.1. The van der Waals surface area contributed by atoms with Gasteiger partial charge in [-0.3, -0.25) is 14.4 Å². The van der Waals surface area contributed by atoms with Crippen molar-refractivity contribution in [2.75, 3.05) is 6.54 Å². The second kappa shape index (κ2) is 12.3. The number of aromatic nitrogens is 2. The zero-order valence-electron chi connectivity index (χ0n) is 21.4. The third kappa shape index (κ3) is 7.12. The smallest absolute Gasteiger partial charge is 0.225 e. The number of amides is 2. The number of imidazole rings is 1. The Morgan fingerprint density at radius 1 is 1.20 bits per heavy atom. The number of halogens is 1. The van der Waals surface area contributed by atoms with Crippen LogP contribution in [-0.2, 0) is 14.4 Å². The number of carbonyl (C=O) groups excluding carboxylic acids is 3. The molecule has 1 aromatic carbocycles. The average Bonchev–Trinajstić information content (AvgIpc) is 3.28. The number of fused-ring (bicyclic) bond motifs is 1. The molecule has 7 nitrogen and oxygen atoms in total. The summed E-state index contributed by atoms with van der Waals surface area (Å²) in [7, 11) is 0. The van der Waals surface area contributed by atoms with Gasteiger partial charge in [-0.2, -0.15) is 0 Å². The number of nitrogens with one attached hydrogen (secondary N) is 2. The van der Waals surface area contributed by atoms with Gasteiger partial charge in [0.2, 0.25) is 11.8 Å². The molecule has 192 valence electrons. The van der Waals surface area contributed by atoms with E-state index in [2.05, 4.69) is 22.2 Å². The molecule has 1 saturated heterocycles. The molecule has 1 aliphatic rings. The number of hydrogen-bond donors (Lipinski definition) is 2. The van der Waals surface area contributed by atoms with E-state index in [4.69, 9.17) is 0 Å². The molecule has 0 unspecified atom stereocenters. The van der Waals surface area contributed by atoms with Crippen LogP contribution in [0.15, 0.2) is 18.2 Å². The first-order valence-corrected chi connectivity index (χ1v) is 12.9. The number of benzene rings is 1. The Bertz CT molecular complexity index is 1030. The van der Waals surface area contributed by atoms with Gasteiger partial charge >= 0.3 is 0 Å². The Morgan fingerprint density at radius 3 is 2.66 bits per heavy atom. The molecule has 0 bridgehead atoms. The summed E-state index contributed by atoms with van der Waals surface area (Å²) in [5.74, 6) is -0.379. The van der Waals surface area contributed by atoms with Gasteiger partial charge in [0.15, 0.2) is 11.6 Å². The van der Waals surface area contributed by atoms with Crippen LogP contribution in [0.3, 0.4) is 0 Å². The maximum absolute atomic E-state index is 14.1. The number of piperidine rings is 1. The predicted molar refractivity (Wildman–Crippen MR) is 134 cm³/mol. The molecule has 2 aromatic rings. The van der Waals surface area contributed by atoms with Crippen molar-refractivity contribution < 1.29 is 18.8 Å². The largest absolute Gasteiger partial charge is 0.346 e. The summed E-state index contributed by atoms with van der Waals surface area (Å²) >= 11 is 0. The predicted octanol–water partition coefficient (Wildman–Crippen LogP) is 4.87. The topological polar surface area (TPSA) is 95.2 Å². The minimum atomic E-state index is -0.884. The number of para-hydroxylation sites is 1. The molecule has 35 heavy (non-hydrogen) atoms. The maximum Gasteiger partial charge on any atom is 0.225 e. The van der Waals surface area contributed by atoms with Crippen molar-refractivity contribution in [1.29, 1.82) is 0 Å². The van der Waals surface area contributed by atoms with E-state index in [1.807, 2.05) is 25.7 Å². The molecule has 3 atom stereocenters. The Kier molecular flexibility index (Phi) is 9.40. The number of aromatic amines is 1. The Morgan fingerprint density at radius 2 is 1.97 bits per heavy atom. The first-order valence-electron chi connectivity index (χ1n) is 12.9. The van der Waals surface area contributed by atoms with Crippen molar-refractivity contribution in [3.8, 4) is 0 Å². The Hall–Kier alpha value is -2.77. The Labute approximate surface area is 207 Å². The molecule has 1 aromatic heterocycles. The highest BCUT2D eigenvalue weighted by Gasteiger charge is 2.31. The summed E-state index contributed by atoms with van der Waals surface area (Å²) in [4.78, 5) is 48.5. The first-order chi connectivity index (χ1) is 16.7. The molecule has 0 saturated carbocycles. The zero-order valence-corrected chi connectivity index (χ0v) is 21.4. The van der Waals surface area contributed by atoms with Gasteiger partial charge in [-0.05, 0) is 50.2 Å². The monoisotopic (exact) mass is 486 g/mol. The number of carbonyl (C=O) groups is 3. The third-order valence-corrected chi connectivity index (χ3v) is 6.93. The highest BCUT2D eigenvalue weighted by molar-refractivity contribution is 5.93. The summed E-state index contributed by atoms with van der Waals surface area (Å²) in [6.07, 6.45) is 4.99. The third-order valence-electron chi connectivity index (χ3n) is 6.93. The molecule has 8 heteroatoms. The summed E-state index contributed by atoms with van der Waals surface area (Å²) in [5, 5.41) is 2.84. The lowest BCUT2D eigenvalue weighted by atomic mass is 9.95. The van der Waals surface area contributed by atoms with Gasteiger partial charge in [-0.1, -0.05) is 33.8 Å². The second-order valence-electron chi connectivity index (χ2n) is 10.2. The molecule has 1 fully saturated rings. The van der Waals surface area contributed by atoms with Crippen LogP contribution in [0.1, 0.15) is 90.8 Å². The van der Waals surface area contributed by atoms with E-state index in [-0.39, 0.29) is 47.9 Å². The number of nitrogens with zero attached hydrogens (tertiary/aromatic N) is 2. The molecule has 2 amide bonds. The normalized spacial score (nSPS) is 18.0. The van der Waals surface area contributed by atoms with E-state index >= 15 is 0 Å². The van der Waals surface area contributed by atoms with Crippen molar-refractivity contribution in [3.63, 3.8) is 0 Å². The zero-order chi connectivity index (χ0) is 25.5. The number of Topliss-reactive ketones (excluding diaryl/α,β-unsaturated/α-hetero) is 1. The van der Waals surface area contributed by atoms with Crippen LogP contribution in [0.4, 0.5) is 4.39 Å². The number of likely N-dealkylation sites (tertiary alicyclic amines) is 1. The first kappa shape index (κ1) is 26.8. The minimum absolute atomic E-state index is 0.0375. The Balaban J connectivity index is 1.73. The molecule has 0 aliphatic carbocycles. The van der Waals surface area contributed by atoms with Crippen molar-refractivity contribution in [2.45, 2.75) is 97.1 Å². The lowest BCUT2D eigenvalue weighted by Crippen LogP contribution is -2.49. The fourth-order valence-corrected chi connectivity index (χ4v) is 4.77. The molecule has 0 spiro atoms. The van der Waals surface area contributed by atoms with Crippen molar-refractivity contribution in [1.82, 2.24) is 20.2 Å². The standard InChI is InChI=1S/C27H39FN4O3/c1-5-19-9-6-7-14-32(19)25(35)16-22(29-24(34)13-12-17(2)3)23(33)15-18(4)27-30-21-11-8-10-20(28)26(21)31-27/h8,10-11,17-19,22H,5-7,9,12-16H2,1-4H3,(H,29,34)(H,30,31)/t18-,19+,22+/m1/s1. The number of rotatable bonds is 11. The lowest BCUT2D eigenvalue weighted by molar-refractivity contribution is -0.138. The van der Waals surface area contributed by atoms with Crippen molar-refractivity contribution in [2.24, 2.45) is 5.92 Å². The fourth-order valence-electron chi connectivity index (χ4n) is 4.77. The van der Waals surface area contributed by atoms with Gasteiger partial charge < -0.3 is 15.2 Å². The van der Waals surface area contributed by atoms with Crippen molar-refractivity contribution in [3.05, 3.63) is 29.8 Å². The number of hydrogen-bond acceptors (Lipinski definition) is 4. The molecular weight excluding hydrogens is 447 g/mol. The second-order valence-corrected chi connectivity index (χ2v) is 10.2. The lowest BCUT2D eigenvalue weighted by Gasteiger charge is -2.36. The molecule has 2 heterocycles. The van der Waals surface area contributed by atoms with Gasteiger partial charge in [0.05, 0.1) is 18.0 Å². The number of ketones is 1. The highest BCUT2D eigenvalue weighted by Crippen LogP contribution is 2.24. The number of H-pyrrole nitrogens is 1. The van der Waals surface area contributed by atoms with Crippen LogP contribution >= 0.6 is 0 Å². The van der Waals surface area contributed by atoms with Gasteiger partial charge in [-0.15, -0.1) is 0 Å². The summed E-state index contributed by atoms with van der Waals surface area (Å²) in [5.41, 5.74) is 0.815. The quantitative estimate of drug-likeness (QED) is 0.474. The molecular formula is C27H39FN4O3. The SMILES string of the molecule is CC[C@H]1CCCCN1C(=O)C[C@H](NC(=O)CCC(C)C)C(=O)C[C@@H](C)c1nc2c(F)cccc2[nH]1. The fraction of sp³-hybridized carbons (Fsp3) is 0.630. The summed E-state index contributed by atoms with van der Waals surface area (Å²) in [6.45, 7) is 8.69. The van der Waals surface area contributed by atoms with Crippen LogP contribution in [0.25, 0.3) is 11.0 Å². The molecule has 0 radical (unpaired) electrons. The van der Waals surface area contributed by atoms with E-state index in [0.717, 1.165) is 25.7 Å². The van der Waals surface area contributed by atoms with E-state index in [1.54, 1.807) is 12.1 Å². The van der Waals surface area contributed by atoms with Gasteiger partial charge in [0.1, 0.15) is 11.3 Å². The summed E-state index contributed by atoms with van der Waals surface area (Å²) < 4.78 is 14.1. The van der Waals surface area contributed by atoms with Gasteiger partial charge in [0.25, 0.3) is 0 Å². The van der Waals surface area contributed by atoms with Gasteiger partial charge in [-0.25, -0.2) is 9.37 Å². The van der Waals surface area contributed by atoms with Crippen LogP contribution in [0.5, 0.6) is 0 Å². The summed E-state index contributed by atoms with van der Waals surface area (Å²) in [6, 6.07) is 4.00. The van der Waals surface area contributed by atoms with Crippen LogP contribution in [0, 0.1) is 11.7 Å². The van der Waals surface area contributed by atoms with E-state index in [1.165, 1.54) is 6.07 Å². The van der Waals surface area contributed by atoms with E-state index in [0.29, 0.717) is 36.6 Å². The molecule has 2 N–H and O–H groups in total. The molecule has 1 aliphatic heterocycles. The minimum Gasteiger partial charge on any atom is -0.346 e. The van der Waals surface area contributed by atoms with Crippen LogP contribution < -0.4 is 5.32 Å². The van der Waals surface area contributed by atoms with E-state index < -0.39 is 11.9 Å². The van der Waals surface area contributed by atoms with Crippen LogP contribution in [0.2, 0.25) is 0 Å². The van der Waals surface area contributed by atoms with E-state index in [9.17, 15) is 18.8 Å². The van der Waals surface area contributed by atoms with Crippen molar-refractivity contribution >= 4 is 28.6 Å². The van der Waals surface area contributed by atoms with Crippen LogP contribution in [-0.4, -0.2) is 51.1 Å². The van der Waals surface area contributed by atoms with Gasteiger partial charge in [0, 0.05) is 31.3 Å². The molecule has 3 rings (SSSR count). The average molecular weight is 487 g/mol. The maximum atomic E-state index is 14.1.